The van der Waals surface area contributed by atoms with Crippen LogP contribution in [-0.2, 0) is 0 Å². The SMILES string of the molecule is CC(O)c1cc(F)c(Cl)cc1N(C)C. The Balaban J connectivity index is 3.31. The number of rotatable bonds is 2. The lowest BCUT2D eigenvalue weighted by Gasteiger charge is -2.19. The fraction of sp³-hybridized carbons (Fsp3) is 0.400. The Hall–Kier alpha value is -0.800. The van der Waals surface area contributed by atoms with Gasteiger partial charge in [0.2, 0.25) is 0 Å². The lowest BCUT2D eigenvalue weighted by Crippen LogP contribution is -2.13. The second-order valence-electron chi connectivity index (χ2n) is 3.40. The maximum Gasteiger partial charge on any atom is 0.142 e. The Labute approximate surface area is 87.9 Å². The Morgan fingerprint density at radius 1 is 1.43 bits per heavy atom. The lowest BCUT2D eigenvalue weighted by molar-refractivity contribution is 0.199. The van der Waals surface area contributed by atoms with Gasteiger partial charge in [0.15, 0.2) is 0 Å². The molecule has 1 rings (SSSR count). The van der Waals surface area contributed by atoms with Crippen molar-refractivity contribution in [1.82, 2.24) is 0 Å². The highest BCUT2D eigenvalue weighted by molar-refractivity contribution is 6.31. The molecule has 0 radical (unpaired) electrons. The van der Waals surface area contributed by atoms with E-state index in [4.69, 9.17) is 11.6 Å². The first-order chi connectivity index (χ1) is 6.43. The molecule has 0 saturated carbocycles. The zero-order valence-electron chi connectivity index (χ0n) is 8.38. The summed E-state index contributed by atoms with van der Waals surface area (Å²) < 4.78 is 13.1. The smallest absolute Gasteiger partial charge is 0.142 e. The van der Waals surface area contributed by atoms with E-state index in [9.17, 15) is 9.50 Å². The van der Waals surface area contributed by atoms with E-state index in [0.29, 0.717) is 5.56 Å². The summed E-state index contributed by atoms with van der Waals surface area (Å²) in [6, 6.07) is 2.78. The van der Waals surface area contributed by atoms with Crippen molar-refractivity contribution in [3.8, 4) is 0 Å². The fourth-order valence-electron chi connectivity index (χ4n) is 1.27. The first-order valence-electron chi connectivity index (χ1n) is 4.27. The minimum Gasteiger partial charge on any atom is -0.389 e. The maximum atomic E-state index is 13.1. The standard InChI is InChI=1S/C10H13ClFNO/c1-6(14)7-4-9(12)8(11)5-10(7)13(2)3/h4-6,14H,1-3H3. The Morgan fingerprint density at radius 3 is 2.43 bits per heavy atom. The van der Waals surface area contributed by atoms with Crippen LogP contribution in [0.1, 0.15) is 18.6 Å². The highest BCUT2D eigenvalue weighted by atomic mass is 35.5. The van der Waals surface area contributed by atoms with Crippen molar-refractivity contribution < 1.29 is 9.50 Å². The molecule has 78 valence electrons. The normalized spacial score (nSPS) is 12.7. The van der Waals surface area contributed by atoms with Gasteiger partial charge in [-0.25, -0.2) is 4.39 Å². The van der Waals surface area contributed by atoms with Crippen molar-refractivity contribution in [3.05, 3.63) is 28.5 Å². The summed E-state index contributed by atoms with van der Waals surface area (Å²) in [5, 5.41) is 9.50. The predicted molar refractivity (Wildman–Crippen MR) is 56.4 cm³/mol. The molecule has 0 aromatic heterocycles. The van der Waals surface area contributed by atoms with Crippen molar-refractivity contribution in [2.75, 3.05) is 19.0 Å². The summed E-state index contributed by atoms with van der Waals surface area (Å²) in [5.41, 5.74) is 1.27. The Morgan fingerprint density at radius 2 is 2.00 bits per heavy atom. The van der Waals surface area contributed by atoms with Crippen LogP contribution >= 0.6 is 11.6 Å². The van der Waals surface area contributed by atoms with Gasteiger partial charge in [0.05, 0.1) is 11.1 Å². The van der Waals surface area contributed by atoms with Gasteiger partial charge in [-0.15, -0.1) is 0 Å². The highest BCUT2D eigenvalue weighted by Gasteiger charge is 2.13. The predicted octanol–water partition coefficient (Wildman–Crippen LogP) is 2.60. The molecule has 1 N–H and O–H groups in total. The molecule has 14 heavy (non-hydrogen) atoms. The molecule has 2 nitrogen and oxygen atoms in total. The van der Waals surface area contributed by atoms with Gasteiger partial charge in [-0.1, -0.05) is 11.6 Å². The number of halogens is 2. The number of nitrogens with zero attached hydrogens (tertiary/aromatic N) is 1. The van der Waals surface area contributed by atoms with Gasteiger partial charge >= 0.3 is 0 Å². The monoisotopic (exact) mass is 217 g/mol. The Bertz CT molecular complexity index is 306. The lowest BCUT2D eigenvalue weighted by atomic mass is 10.1. The number of anilines is 1. The van der Waals surface area contributed by atoms with Gasteiger partial charge in [0.25, 0.3) is 0 Å². The van der Waals surface area contributed by atoms with Crippen LogP contribution in [-0.4, -0.2) is 19.2 Å². The van der Waals surface area contributed by atoms with E-state index in [1.165, 1.54) is 12.1 Å². The van der Waals surface area contributed by atoms with Crippen LogP contribution in [0, 0.1) is 5.82 Å². The van der Waals surface area contributed by atoms with Crippen molar-refractivity contribution in [2.45, 2.75) is 13.0 Å². The second kappa shape index (κ2) is 4.15. The zero-order chi connectivity index (χ0) is 10.9. The van der Waals surface area contributed by atoms with Crippen molar-refractivity contribution in [1.29, 1.82) is 0 Å². The van der Waals surface area contributed by atoms with Crippen LogP contribution in [0.15, 0.2) is 12.1 Å². The van der Waals surface area contributed by atoms with Crippen LogP contribution in [0.25, 0.3) is 0 Å². The minimum absolute atomic E-state index is 0.0677. The molecule has 1 unspecified atom stereocenters. The molecule has 4 heteroatoms. The third-order valence-corrected chi connectivity index (χ3v) is 2.29. The summed E-state index contributed by atoms with van der Waals surface area (Å²) in [6.07, 6.45) is -0.709. The van der Waals surface area contributed by atoms with Crippen LogP contribution < -0.4 is 4.90 Å². The molecular formula is C10H13ClFNO. The van der Waals surface area contributed by atoms with Crippen molar-refractivity contribution in [2.24, 2.45) is 0 Å². The van der Waals surface area contributed by atoms with Gasteiger partial charge in [-0.3, -0.25) is 0 Å². The van der Waals surface area contributed by atoms with Gasteiger partial charge in [0, 0.05) is 25.3 Å². The molecule has 0 aliphatic carbocycles. The first kappa shape index (κ1) is 11.3. The highest BCUT2D eigenvalue weighted by Crippen LogP contribution is 2.30. The summed E-state index contributed by atoms with van der Waals surface area (Å²) in [6.45, 7) is 1.59. The second-order valence-corrected chi connectivity index (χ2v) is 3.80. The molecule has 0 spiro atoms. The number of aliphatic hydroxyl groups excluding tert-OH is 1. The first-order valence-corrected chi connectivity index (χ1v) is 4.65. The van der Waals surface area contributed by atoms with Gasteiger partial charge in [0.1, 0.15) is 5.82 Å². The molecule has 0 heterocycles. The van der Waals surface area contributed by atoms with E-state index in [1.807, 2.05) is 14.1 Å². The van der Waals surface area contributed by atoms with Gasteiger partial charge < -0.3 is 10.0 Å². The topological polar surface area (TPSA) is 23.5 Å². The molecule has 1 aromatic carbocycles. The van der Waals surface area contributed by atoms with E-state index < -0.39 is 11.9 Å². The van der Waals surface area contributed by atoms with E-state index in [-0.39, 0.29) is 5.02 Å². The molecule has 0 aliphatic rings. The molecule has 0 bridgehead atoms. The van der Waals surface area contributed by atoms with E-state index in [0.717, 1.165) is 5.69 Å². The molecule has 1 aromatic rings. The van der Waals surface area contributed by atoms with Crippen LogP contribution in [0.2, 0.25) is 5.02 Å². The summed E-state index contributed by atoms with van der Waals surface area (Å²) in [4.78, 5) is 1.79. The van der Waals surface area contributed by atoms with Crippen molar-refractivity contribution in [3.63, 3.8) is 0 Å². The number of hydrogen-bond donors (Lipinski definition) is 1. The quantitative estimate of drug-likeness (QED) is 0.823. The molecular weight excluding hydrogens is 205 g/mol. The van der Waals surface area contributed by atoms with Gasteiger partial charge in [-0.2, -0.15) is 0 Å². The number of aliphatic hydroxyl groups is 1. The van der Waals surface area contributed by atoms with Crippen molar-refractivity contribution >= 4 is 17.3 Å². The van der Waals surface area contributed by atoms with E-state index >= 15 is 0 Å². The number of benzene rings is 1. The summed E-state index contributed by atoms with van der Waals surface area (Å²) in [7, 11) is 3.63. The largest absolute Gasteiger partial charge is 0.389 e. The average molecular weight is 218 g/mol. The maximum absolute atomic E-state index is 13.1. The van der Waals surface area contributed by atoms with Gasteiger partial charge in [-0.05, 0) is 19.1 Å². The summed E-state index contributed by atoms with van der Waals surface area (Å²) >= 11 is 5.65. The van der Waals surface area contributed by atoms with Crippen LogP contribution in [0.3, 0.4) is 0 Å². The molecule has 0 aliphatic heterocycles. The third-order valence-electron chi connectivity index (χ3n) is 2.00. The van der Waals surface area contributed by atoms with Crippen LogP contribution in [0.4, 0.5) is 10.1 Å². The number of hydrogen-bond acceptors (Lipinski definition) is 2. The molecule has 1 atom stereocenters. The fourth-order valence-corrected chi connectivity index (χ4v) is 1.43. The Kier molecular flexibility index (Phi) is 3.34. The summed E-state index contributed by atoms with van der Waals surface area (Å²) in [5.74, 6) is -0.506. The van der Waals surface area contributed by atoms with Crippen LogP contribution in [0.5, 0.6) is 0 Å². The third kappa shape index (κ3) is 2.16. The molecule has 0 amide bonds. The molecule has 0 saturated heterocycles. The minimum atomic E-state index is -0.709. The van der Waals surface area contributed by atoms with E-state index in [2.05, 4.69) is 0 Å². The molecule has 0 fully saturated rings. The average Bonchev–Trinajstić information content (AvgIpc) is 2.08. The zero-order valence-corrected chi connectivity index (χ0v) is 9.14. The van der Waals surface area contributed by atoms with E-state index in [1.54, 1.807) is 11.8 Å².